The summed E-state index contributed by atoms with van der Waals surface area (Å²) in [6.45, 7) is 0. The zero-order chi connectivity index (χ0) is 13.8. The van der Waals surface area contributed by atoms with Gasteiger partial charge < -0.3 is 5.32 Å². The summed E-state index contributed by atoms with van der Waals surface area (Å²) in [5.74, 6) is 0. The Kier molecular flexibility index (Phi) is 5.19. The van der Waals surface area contributed by atoms with Crippen molar-refractivity contribution in [1.82, 2.24) is 15.1 Å². The van der Waals surface area contributed by atoms with Crippen LogP contribution in [0.25, 0.3) is 0 Å². The van der Waals surface area contributed by atoms with E-state index in [1.54, 1.807) is 0 Å². The lowest BCUT2D eigenvalue weighted by Gasteiger charge is -2.18. The van der Waals surface area contributed by atoms with Gasteiger partial charge in [0.25, 0.3) is 0 Å². The molecule has 0 amide bonds. The molecule has 5 heteroatoms. The average Bonchev–Trinajstić information content (AvgIpc) is 2.78. The minimum absolute atomic E-state index is 0.336. The van der Waals surface area contributed by atoms with Crippen LogP contribution in [-0.2, 0) is 13.5 Å². The summed E-state index contributed by atoms with van der Waals surface area (Å²) < 4.78 is 4.07. The van der Waals surface area contributed by atoms with Crippen molar-refractivity contribution < 1.29 is 0 Å². The van der Waals surface area contributed by atoms with Gasteiger partial charge in [-0.1, -0.05) is 37.9 Å². The second-order valence-electron chi connectivity index (χ2n) is 4.57. The molecule has 1 heterocycles. The summed E-state index contributed by atoms with van der Waals surface area (Å²) in [5, 5.41) is 7.59. The van der Waals surface area contributed by atoms with Gasteiger partial charge >= 0.3 is 0 Å². The number of hydrogen-bond donors (Lipinski definition) is 1. The third kappa shape index (κ3) is 3.91. The predicted octanol–water partition coefficient (Wildman–Crippen LogP) is 3.84. The van der Waals surface area contributed by atoms with Gasteiger partial charge in [0.1, 0.15) is 0 Å². The first-order valence-electron chi connectivity index (χ1n) is 6.20. The van der Waals surface area contributed by atoms with E-state index < -0.39 is 0 Å². The average molecular weight is 387 g/mol. The fourth-order valence-corrected chi connectivity index (χ4v) is 3.47. The maximum Gasteiger partial charge on any atom is 0.0521 e. The predicted molar refractivity (Wildman–Crippen MR) is 85.2 cm³/mol. The van der Waals surface area contributed by atoms with E-state index in [-0.39, 0.29) is 0 Å². The molecule has 102 valence electrons. The minimum Gasteiger partial charge on any atom is -0.313 e. The highest BCUT2D eigenvalue weighted by molar-refractivity contribution is 9.11. The van der Waals surface area contributed by atoms with Gasteiger partial charge in [-0.3, -0.25) is 4.68 Å². The van der Waals surface area contributed by atoms with Crippen LogP contribution in [-0.4, -0.2) is 16.8 Å². The molecule has 1 aromatic carbocycles. The van der Waals surface area contributed by atoms with Gasteiger partial charge in [-0.25, -0.2) is 0 Å². The van der Waals surface area contributed by atoms with Crippen LogP contribution in [0.15, 0.2) is 39.5 Å². The van der Waals surface area contributed by atoms with Crippen LogP contribution >= 0.6 is 31.9 Å². The normalized spacial score (nSPS) is 12.6. The molecule has 0 spiro atoms. The van der Waals surface area contributed by atoms with E-state index in [1.165, 1.54) is 11.1 Å². The van der Waals surface area contributed by atoms with E-state index in [0.717, 1.165) is 21.8 Å². The Morgan fingerprint density at radius 2 is 2.16 bits per heavy atom. The third-order valence-corrected chi connectivity index (χ3v) is 4.35. The second kappa shape index (κ2) is 6.68. The second-order valence-corrected chi connectivity index (χ2v) is 6.34. The third-order valence-electron chi connectivity index (χ3n) is 3.17. The maximum atomic E-state index is 4.20. The minimum atomic E-state index is 0.336. The lowest BCUT2D eigenvalue weighted by Crippen LogP contribution is -2.17. The molecule has 1 aromatic heterocycles. The van der Waals surface area contributed by atoms with Gasteiger partial charge in [0.05, 0.1) is 6.20 Å². The molecule has 19 heavy (non-hydrogen) atoms. The monoisotopic (exact) mass is 385 g/mol. The van der Waals surface area contributed by atoms with Crippen LogP contribution in [0.2, 0.25) is 0 Å². The van der Waals surface area contributed by atoms with Gasteiger partial charge in [-0.2, -0.15) is 5.10 Å². The Balaban J connectivity index is 2.07. The molecular weight excluding hydrogens is 370 g/mol. The molecule has 0 fully saturated rings. The van der Waals surface area contributed by atoms with Crippen LogP contribution in [0.3, 0.4) is 0 Å². The zero-order valence-corrected chi connectivity index (χ0v) is 14.2. The Morgan fingerprint density at radius 3 is 2.74 bits per heavy atom. The Labute approximate surface area is 130 Å². The number of hydrogen-bond acceptors (Lipinski definition) is 2. The standard InChI is InChI=1S/C14H17Br2N3/c1-17-14(6-3-10-8-18-19(2)9-10)12-5-4-11(15)7-13(12)16/h4-5,7-9,14,17H,3,6H2,1-2H3. The van der Waals surface area contributed by atoms with Crippen molar-refractivity contribution in [3.8, 4) is 0 Å². The van der Waals surface area contributed by atoms with Crippen molar-refractivity contribution in [3.63, 3.8) is 0 Å². The van der Waals surface area contributed by atoms with Crippen LogP contribution in [0.5, 0.6) is 0 Å². The molecule has 0 aliphatic carbocycles. The summed E-state index contributed by atoms with van der Waals surface area (Å²) in [5.41, 5.74) is 2.56. The van der Waals surface area contributed by atoms with Gasteiger partial charge in [-0.15, -0.1) is 0 Å². The number of nitrogens with one attached hydrogen (secondary N) is 1. The van der Waals surface area contributed by atoms with Crippen molar-refractivity contribution >= 4 is 31.9 Å². The Hall–Kier alpha value is -0.650. The van der Waals surface area contributed by atoms with Crippen LogP contribution in [0.1, 0.15) is 23.6 Å². The van der Waals surface area contributed by atoms with Crippen molar-refractivity contribution in [1.29, 1.82) is 0 Å². The zero-order valence-electron chi connectivity index (χ0n) is 11.0. The van der Waals surface area contributed by atoms with Crippen LogP contribution in [0.4, 0.5) is 0 Å². The number of aryl methyl sites for hydroxylation is 2. The van der Waals surface area contributed by atoms with E-state index >= 15 is 0 Å². The maximum absolute atomic E-state index is 4.20. The van der Waals surface area contributed by atoms with E-state index in [1.807, 2.05) is 25.0 Å². The molecule has 1 unspecified atom stereocenters. The molecular formula is C14H17Br2N3. The summed E-state index contributed by atoms with van der Waals surface area (Å²) in [6.07, 6.45) is 6.07. The highest BCUT2D eigenvalue weighted by Gasteiger charge is 2.13. The van der Waals surface area contributed by atoms with E-state index in [0.29, 0.717) is 6.04 Å². The topological polar surface area (TPSA) is 29.9 Å². The first-order valence-corrected chi connectivity index (χ1v) is 7.78. The lowest BCUT2D eigenvalue weighted by molar-refractivity contribution is 0.547. The smallest absolute Gasteiger partial charge is 0.0521 e. The molecule has 2 rings (SSSR count). The van der Waals surface area contributed by atoms with E-state index in [2.05, 4.69) is 66.7 Å². The molecule has 0 bridgehead atoms. The summed E-state index contributed by atoms with van der Waals surface area (Å²) in [4.78, 5) is 0. The van der Waals surface area contributed by atoms with Crippen LogP contribution < -0.4 is 5.32 Å². The highest BCUT2D eigenvalue weighted by Crippen LogP contribution is 2.29. The fourth-order valence-electron chi connectivity index (χ4n) is 2.15. The molecule has 3 nitrogen and oxygen atoms in total. The number of nitrogens with zero attached hydrogens (tertiary/aromatic N) is 2. The summed E-state index contributed by atoms with van der Waals surface area (Å²) in [6, 6.07) is 6.65. The van der Waals surface area contributed by atoms with Crippen LogP contribution in [0, 0.1) is 0 Å². The Bertz CT molecular complexity index is 551. The molecule has 0 saturated heterocycles. The van der Waals surface area contributed by atoms with E-state index in [4.69, 9.17) is 0 Å². The quantitative estimate of drug-likeness (QED) is 0.845. The molecule has 0 radical (unpaired) electrons. The van der Waals surface area contributed by atoms with E-state index in [9.17, 15) is 0 Å². The molecule has 0 saturated carbocycles. The van der Waals surface area contributed by atoms with Gasteiger partial charge in [0.15, 0.2) is 0 Å². The Morgan fingerprint density at radius 1 is 1.37 bits per heavy atom. The number of benzene rings is 1. The molecule has 0 aliphatic rings. The van der Waals surface area contributed by atoms with Gasteiger partial charge in [0, 0.05) is 28.2 Å². The van der Waals surface area contributed by atoms with Crippen molar-refractivity contribution in [2.24, 2.45) is 7.05 Å². The highest BCUT2D eigenvalue weighted by atomic mass is 79.9. The van der Waals surface area contributed by atoms with Crippen molar-refractivity contribution in [3.05, 3.63) is 50.7 Å². The summed E-state index contributed by atoms with van der Waals surface area (Å²) in [7, 11) is 3.95. The number of halogens is 2. The first-order chi connectivity index (χ1) is 9.10. The van der Waals surface area contributed by atoms with Crippen molar-refractivity contribution in [2.75, 3.05) is 7.05 Å². The largest absolute Gasteiger partial charge is 0.313 e. The van der Waals surface area contributed by atoms with Gasteiger partial charge in [-0.05, 0) is 43.1 Å². The first kappa shape index (κ1) is 14.8. The summed E-state index contributed by atoms with van der Waals surface area (Å²) >= 11 is 7.12. The van der Waals surface area contributed by atoms with Gasteiger partial charge in [0.2, 0.25) is 0 Å². The van der Waals surface area contributed by atoms with Crippen molar-refractivity contribution in [2.45, 2.75) is 18.9 Å². The SMILES string of the molecule is CNC(CCc1cnn(C)c1)c1ccc(Br)cc1Br. The molecule has 1 atom stereocenters. The fraction of sp³-hybridized carbons (Fsp3) is 0.357. The molecule has 1 N–H and O–H groups in total. The lowest BCUT2D eigenvalue weighted by atomic mass is 10.0. The number of rotatable bonds is 5. The number of aromatic nitrogens is 2. The molecule has 2 aromatic rings. The molecule has 0 aliphatic heterocycles.